The van der Waals surface area contributed by atoms with Crippen molar-refractivity contribution in [2.45, 2.75) is 32.2 Å². The first-order chi connectivity index (χ1) is 9.20. The first-order valence-electron chi connectivity index (χ1n) is 6.93. The number of benzene rings is 1. The number of carbonyl (C=O) groups is 1. The van der Waals surface area contributed by atoms with Crippen LogP contribution >= 0.6 is 0 Å². The minimum absolute atomic E-state index is 0.0878. The van der Waals surface area contributed by atoms with Crippen molar-refractivity contribution >= 4 is 5.91 Å². The van der Waals surface area contributed by atoms with Gasteiger partial charge in [-0.1, -0.05) is 6.07 Å². The molecular weight excluding hydrogens is 245 g/mol. The highest BCUT2D eigenvalue weighted by molar-refractivity contribution is 5.97. The predicted octanol–water partition coefficient (Wildman–Crippen LogP) is 2.85. The highest BCUT2D eigenvalue weighted by atomic mass is 19.1. The number of hydrogen-bond acceptors (Lipinski definition) is 2. The van der Waals surface area contributed by atoms with Crippen LogP contribution in [0.25, 0.3) is 0 Å². The van der Waals surface area contributed by atoms with E-state index in [0.29, 0.717) is 24.1 Å². The maximum absolute atomic E-state index is 13.8. The molecule has 0 radical (unpaired) electrons. The summed E-state index contributed by atoms with van der Waals surface area (Å²) in [7, 11) is 0. The summed E-state index contributed by atoms with van der Waals surface area (Å²) in [5, 5.41) is 0. The van der Waals surface area contributed by atoms with Crippen LogP contribution in [0.15, 0.2) is 18.2 Å². The number of para-hydroxylation sites is 1. The van der Waals surface area contributed by atoms with E-state index in [9.17, 15) is 9.18 Å². The van der Waals surface area contributed by atoms with E-state index in [1.807, 2.05) is 4.90 Å². The van der Waals surface area contributed by atoms with Gasteiger partial charge in [-0.15, -0.1) is 0 Å². The minimum Gasteiger partial charge on any atom is -0.490 e. The molecule has 1 aliphatic carbocycles. The van der Waals surface area contributed by atoms with E-state index in [-0.39, 0.29) is 11.7 Å². The quantitative estimate of drug-likeness (QED) is 0.839. The maximum atomic E-state index is 13.8. The molecule has 19 heavy (non-hydrogen) atoms. The number of fused-ring (bicyclic) bond motifs is 2. The molecule has 3 nitrogen and oxygen atoms in total. The second-order valence-corrected chi connectivity index (χ2v) is 5.34. The van der Waals surface area contributed by atoms with E-state index in [1.54, 1.807) is 19.1 Å². The summed E-state index contributed by atoms with van der Waals surface area (Å²) in [6.07, 6.45) is 3.40. The molecular formula is C15H18FNO2. The summed E-state index contributed by atoms with van der Waals surface area (Å²) in [6.45, 7) is 2.96. The molecule has 1 saturated heterocycles. The van der Waals surface area contributed by atoms with Crippen molar-refractivity contribution in [2.24, 2.45) is 5.92 Å². The summed E-state index contributed by atoms with van der Waals surface area (Å²) >= 11 is 0. The van der Waals surface area contributed by atoms with Crippen LogP contribution in [-0.4, -0.2) is 30.0 Å². The molecule has 0 aromatic heterocycles. The van der Waals surface area contributed by atoms with Gasteiger partial charge in [0.05, 0.1) is 12.2 Å². The van der Waals surface area contributed by atoms with E-state index in [4.69, 9.17) is 4.74 Å². The van der Waals surface area contributed by atoms with Crippen molar-refractivity contribution in [3.05, 3.63) is 29.6 Å². The van der Waals surface area contributed by atoms with Crippen LogP contribution < -0.4 is 4.74 Å². The Bertz CT molecular complexity index is 503. The average molecular weight is 263 g/mol. The summed E-state index contributed by atoms with van der Waals surface area (Å²) in [5.41, 5.74) is 0.356. The highest BCUT2D eigenvalue weighted by Crippen LogP contribution is 2.39. The smallest absolute Gasteiger partial charge is 0.257 e. The van der Waals surface area contributed by atoms with E-state index < -0.39 is 5.82 Å². The molecule has 1 saturated carbocycles. The number of amides is 1. The molecule has 4 heteroatoms. The molecule has 0 N–H and O–H groups in total. The van der Waals surface area contributed by atoms with Gasteiger partial charge in [-0.3, -0.25) is 4.79 Å². The van der Waals surface area contributed by atoms with Crippen molar-refractivity contribution in [1.82, 2.24) is 4.90 Å². The lowest BCUT2D eigenvalue weighted by Crippen LogP contribution is -2.37. The number of halogens is 1. The molecule has 2 atom stereocenters. The SMILES string of the molecule is CCOc1c(F)cccc1C(=O)N1CC2CCC1C2. The van der Waals surface area contributed by atoms with Gasteiger partial charge >= 0.3 is 0 Å². The Kier molecular flexibility index (Phi) is 3.17. The van der Waals surface area contributed by atoms with Gasteiger partial charge in [-0.2, -0.15) is 0 Å². The molecule has 102 valence electrons. The van der Waals surface area contributed by atoms with Gasteiger partial charge in [0.2, 0.25) is 0 Å². The summed E-state index contributed by atoms with van der Waals surface area (Å²) in [5.74, 6) is 0.183. The van der Waals surface area contributed by atoms with Crippen molar-refractivity contribution in [1.29, 1.82) is 0 Å². The fourth-order valence-electron chi connectivity index (χ4n) is 3.30. The number of ether oxygens (including phenoxy) is 1. The number of hydrogen-bond donors (Lipinski definition) is 0. The van der Waals surface area contributed by atoms with Gasteiger partial charge in [0.15, 0.2) is 11.6 Å². The van der Waals surface area contributed by atoms with Crippen molar-refractivity contribution < 1.29 is 13.9 Å². The molecule has 2 unspecified atom stereocenters. The highest BCUT2D eigenvalue weighted by Gasteiger charge is 2.41. The lowest BCUT2D eigenvalue weighted by Gasteiger charge is -2.27. The molecule has 1 heterocycles. The maximum Gasteiger partial charge on any atom is 0.257 e. The van der Waals surface area contributed by atoms with Gasteiger partial charge in [0.25, 0.3) is 5.91 Å². The van der Waals surface area contributed by atoms with E-state index in [1.165, 1.54) is 12.5 Å². The molecule has 3 rings (SSSR count). The van der Waals surface area contributed by atoms with Crippen molar-refractivity contribution in [3.8, 4) is 5.75 Å². The Morgan fingerprint density at radius 3 is 2.95 bits per heavy atom. The number of likely N-dealkylation sites (tertiary alicyclic amines) is 1. The molecule has 2 aliphatic rings. The Labute approximate surface area is 112 Å². The first kappa shape index (κ1) is 12.5. The number of carbonyl (C=O) groups excluding carboxylic acids is 1. The van der Waals surface area contributed by atoms with Crippen LogP contribution in [0, 0.1) is 11.7 Å². The summed E-state index contributed by atoms with van der Waals surface area (Å²) < 4.78 is 19.1. The third-order valence-corrected chi connectivity index (χ3v) is 4.16. The van der Waals surface area contributed by atoms with Crippen LogP contribution in [0.2, 0.25) is 0 Å². The van der Waals surface area contributed by atoms with Crippen LogP contribution in [0.3, 0.4) is 0 Å². The second kappa shape index (κ2) is 4.83. The monoisotopic (exact) mass is 263 g/mol. The van der Waals surface area contributed by atoms with Crippen LogP contribution in [0.1, 0.15) is 36.5 Å². The predicted molar refractivity (Wildman–Crippen MR) is 69.7 cm³/mol. The third kappa shape index (κ3) is 2.09. The van der Waals surface area contributed by atoms with Crippen LogP contribution in [-0.2, 0) is 0 Å². The molecule has 2 bridgehead atoms. The topological polar surface area (TPSA) is 29.5 Å². The molecule has 0 spiro atoms. The fraction of sp³-hybridized carbons (Fsp3) is 0.533. The summed E-state index contributed by atoms with van der Waals surface area (Å²) in [4.78, 5) is 14.5. The molecule has 1 aromatic carbocycles. The largest absolute Gasteiger partial charge is 0.490 e. The van der Waals surface area contributed by atoms with Gasteiger partial charge < -0.3 is 9.64 Å². The van der Waals surface area contributed by atoms with Gasteiger partial charge in [-0.05, 0) is 44.2 Å². The van der Waals surface area contributed by atoms with Crippen LogP contribution in [0.4, 0.5) is 4.39 Å². The Morgan fingerprint density at radius 2 is 2.32 bits per heavy atom. The van der Waals surface area contributed by atoms with Crippen molar-refractivity contribution in [3.63, 3.8) is 0 Å². The lowest BCUT2D eigenvalue weighted by molar-refractivity contribution is 0.0698. The van der Waals surface area contributed by atoms with Gasteiger partial charge in [-0.25, -0.2) is 4.39 Å². The molecule has 1 aromatic rings. The zero-order valence-corrected chi connectivity index (χ0v) is 11.1. The van der Waals surface area contributed by atoms with Gasteiger partial charge in [0, 0.05) is 12.6 Å². The Hall–Kier alpha value is -1.58. The zero-order valence-electron chi connectivity index (χ0n) is 11.1. The van der Waals surface area contributed by atoms with Crippen molar-refractivity contribution in [2.75, 3.05) is 13.2 Å². The lowest BCUT2D eigenvalue weighted by atomic mass is 10.1. The summed E-state index contributed by atoms with van der Waals surface area (Å²) in [6, 6.07) is 4.90. The molecule has 2 fully saturated rings. The van der Waals surface area contributed by atoms with E-state index >= 15 is 0 Å². The second-order valence-electron chi connectivity index (χ2n) is 5.34. The van der Waals surface area contributed by atoms with E-state index in [0.717, 1.165) is 19.4 Å². The van der Waals surface area contributed by atoms with Crippen LogP contribution in [0.5, 0.6) is 5.75 Å². The molecule has 1 aliphatic heterocycles. The molecule has 1 amide bonds. The average Bonchev–Trinajstić information content (AvgIpc) is 3.03. The third-order valence-electron chi connectivity index (χ3n) is 4.16. The van der Waals surface area contributed by atoms with E-state index in [2.05, 4.69) is 0 Å². The fourth-order valence-corrected chi connectivity index (χ4v) is 3.30. The number of piperidine rings is 1. The first-order valence-corrected chi connectivity index (χ1v) is 6.93. The Morgan fingerprint density at radius 1 is 1.47 bits per heavy atom. The Balaban J connectivity index is 1.89. The van der Waals surface area contributed by atoms with Gasteiger partial charge in [0.1, 0.15) is 0 Å². The minimum atomic E-state index is -0.461. The number of nitrogens with zero attached hydrogens (tertiary/aromatic N) is 1. The number of rotatable bonds is 3. The zero-order chi connectivity index (χ0) is 13.4. The standard InChI is InChI=1S/C15H18FNO2/c1-2-19-14-12(4-3-5-13(14)16)15(18)17-9-10-6-7-11(17)8-10/h3-5,10-11H,2,6-9H2,1H3. The normalized spacial score (nSPS) is 24.8.